The molecule has 0 radical (unpaired) electrons. The molecule has 15 heavy (non-hydrogen) atoms. The summed E-state index contributed by atoms with van der Waals surface area (Å²) in [5.74, 6) is 0.917. The topological polar surface area (TPSA) is 29.1 Å². The molecule has 1 N–H and O–H groups in total. The van der Waals surface area contributed by atoms with Gasteiger partial charge in [-0.15, -0.1) is 0 Å². The molecule has 1 aromatic carbocycles. The smallest absolute Gasteiger partial charge is 0.223 e. The Morgan fingerprint density at radius 2 is 2.07 bits per heavy atom. The number of benzene rings is 1. The first-order chi connectivity index (χ1) is 7.31. The van der Waals surface area contributed by atoms with Crippen LogP contribution in [-0.4, -0.2) is 12.5 Å². The zero-order chi connectivity index (χ0) is 10.7. The highest BCUT2D eigenvalue weighted by Gasteiger charge is 2.32. The number of nitrogens with one attached hydrogen (secondary N) is 1. The number of amides is 1. The molecule has 0 aliphatic carbocycles. The zero-order valence-corrected chi connectivity index (χ0v) is 9.07. The standard InChI is InChI=1S/C13H17NO/c1-2-11-9-14-13(15)12(11)8-10-6-4-3-5-7-10/h3-7,11-12H,2,8-9H2,1H3,(H,14,15). The maximum atomic E-state index is 11.6. The minimum atomic E-state index is 0.178. The number of hydrogen-bond donors (Lipinski definition) is 1. The normalized spacial score (nSPS) is 25.3. The molecular formula is C13H17NO. The lowest BCUT2D eigenvalue weighted by Crippen LogP contribution is -2.21. The Morgan fingerprint density at radius 3 is 2.73 bits per heavy atom. The van der Waals surface area contributed by atoms with Crippen molar-refractivity contribution in [3.63, 3.8) is 0 Å². The second kappa shape index (κ2) is 4.47. The van der Waals surface area contributed by atoms with Crippen LogP contribution in [0.25, 0.3) is 0 Å². The fourth-order valence-corrected chi connectivity index (χ4v) is 2.28. The third kappa shape index (κ3) is 2.20. The number of carbonyl (C=O) groups is 1. The molecule has 2 atom stereocenters. The van der Waals surface area contributed by atoms with Crippen LogP contribution >= 0.6 is 0 Å². The molecule has 0 aromatic heterocycles. The van der Waals surface area contributed by atoms with E-state index in [1.54, 1.807) is 0 Å². The van der Waals surface area contributed by atoms with Gasteiger partial charge in [0.2, 0.25) is 5.91 Å². The van der Waals surface area contributed by atoms with E-state index in [0.29, 0.717) is 5.92 Å². The first kappa shape index (κ1) is 10.2. The summed E-state index contributed by atoms with van der Waals surface area (Å²) in [6.45, 7) is 3.01. The van der Waals surface area contributed by atoms with E-state index >= 15 is 0 Å². The van der Waals surface area contributed by atoms with Gasteiger partial charge in [0.1, 0.15) is 0 Å². The van der Waals surface area contributed by atoms with Crippen LogP contribution in [0.3, 0.4) is 0 Å². The number of hydrogen-bond acceptors (Lipinski definition) is 1. The molecule has 1 fully saturated rings. The average molecular weight is 203 g/mol. The molecule has 0 saturated carbocycles. The molecule has 0 spiro atoms. The van der Waals surface area contributed by atoms with E-state index in [2.05, 4.69) is 24.4 Å². The molecule has 1 saturated heterocycles. The monoisotopic (exact) mass is 203 g/mol. The molecule has 2 nitrogen and oxygen atoms in total. The fraction of sp³-hybridized carbons (Fsp3) is 0.462. The highest BCUT2D eigenvalue weighted by molar-refractivity contribution is 5.81. The van der Waals surface area contributed by atoms with Gasteiger partial charge in [-0.2, -0.15) is 0 Å². The molecule has 1 amide bonds. The van der Waals surface area contributed by atoms with Crippen LogP contribution in [0.2, 0.25) is 0 Å². The van der Waals surface area contributed by atoms with Gasteiger partial charge in [0, 0.05) is 12.5 Å². The van der Waals surface area contributed by atoms with Crippen molar-refractivity contribution in [1.82, 2.24) is 5.32 Å². The minimum Gasteiger partial charge on any atom is -0.356 e. The molecule has 2 rings (SSSR count). The Bertz CT molecular complexity index is 334. The summed E-state index contributed by atoms with van der Waals surface area (Å²) in [6.07, 6.45) is 1.96. The van der Waals surface area contributed by atoms with Crippen LogP contribution in [0.1, 0.15) is 18.9 Å². The van der Waals surface area contributed by atoms with Gasteiger partial charge in [0.05, 0.1) is 0 Å². The molecule has 0 bridgehead atoms. The summed E-state index contributed by atoms with van der Waals surface area (Å²) < 4.78 is 0. The Kier molecular flexibility index (Phi) is 3.05. The van der Waals surface area contributed by atoms with E-state index in [9.17, 15) is 4.79 Å². The van der Waals surface area contributed by atoms with Crippen LogP contribution in [0, 0.1) is 11.8 Å². The van der Waals surface area contributed by atoms with Crippen molar-refractivity contribution >= 4 is 5.91 Å². The molecule has 1 aromatic rings. The maximum Gasteiger partial charge on any atom is 0.223 e. The van der Waals surface area contributed by atoms with Gasteiger partial charge in [-0.25, -0.2) is 0 Å². The van der Waals surface area contributed by atoms with Crippen molar-refractivity contribution < 1.29 is 4.79 Å². The van der Waals surface area contributed by atoms with Crippen molar-refractivity contribution in [3.8, 4) is 0 Å². The molecule has 1 aliphatic heterocycles. The van der Waals surface area contributed by atoms with E-state index in [-0.39, 0.29) is 11.8 Å². The van der Waals surface area contributed by atoms with Gasteiger partial charge < -0.3 is 5.32 Å². The van der Waals surface area contributed by atoms with Gasteiger partial charge >= 0.3 is 0 Å². The Labute approximate surface area is 90.7 Å². The Hall–Kier alpha value is -1.31. The predicted octanol–water partition coefficient (Wildman–Crippen LogP) is 2.00. The molecular weight excluding hydrogens is 186 g/mol. The number of carbonyl (C=O) groups excluding carboxylic acids is 1. The molecule has 1 aliphatic rings. The lowest BCUT2D eigenvalue weighted by molar-refractivity contribution is -0.122. The van der Waals surface area contributed by atoms with Crippen molar-refractivity contribution in [2.75, 3.05) is 6.54 Å². The summed E-state index contributed by atoms with van der Waals surface area (Å²) in [5.41, 5.74) is 1.26. The quantitative estimate of drug-likeness (QED) is 0.800. The first-order valence-corrected chi connectivity index (χ1v) is 5.63. The fourth-order valence-electron chi connectivity index (χ4n) is 2.28. The summed E-state index contributed by atoms with van der Waals surface area (Å²) in [4.78, 5) is 11.6. The average Bonchev–Trinajstić information content (AvgIpc) is 2.62. The predicted molar refractivity (Wildman–Crippen MR) is 60.4 cm³/mol. The van der Waals surface area contributed by atoms with E-state index in [0.717, 1.165) is 19.4 Å². The summed E-state index contributed by atoms with van der Waals surface area (Å²) in [7, 11) is 0. The first-order valence-electron chi connectivity index (χ1n) is 5.63. The number of rotatable bonds is 3. The lowest BCUT2D eigenvalue weighted by Gasteiger charge is -2.14. The highest BCUT2D eigenvalue weighted by atomic mass is 16.2. The van der Waals surface area contributed by atoms with Crippen molar-refractivity contribution in [3.05, 3.63) is 35.9 Å². The SMILES string of the molecule is CCC1CNC(=O)C1Cc1ccccc1. The summed E-state index contributed by atoms with van der Waals surface area (Å²) >= 11 is 0. The van der Waals surface area contributed by atoms with Gasteiger partial charge in [-0.05, 0) is 17.9 Å². The molecule has 2 unspecified atom stereocenters. The Morgan fingerprint density at radius 1 is 1.33 bits per heavy atom. The Balaban J connectivity index is 2.07. The van der Waals surface area contributed by atoms with Crippen molar-refractivity contribution in [2.24, 2.45) is 11.8 Å². The van der Waals surface area contributed by atoms with Gasteiger partial charge in [0.25, 0.3) is 0 Å². The van der Waals surface area contributed by atoms with Crippen LogP contribution in [-0.2, 0) is 11.2 Å². The largest absolute Gasteiger partial charge is 0.356 e. The van der Waals surface area contributed by atoms with Crippen LogP contribution in [0.15, 0.2) is 30.3 Å². The molecule has 80 valence electrons. The van der Waals surface area contributed by atoms with E-state index in [1.807, 2.05) is 18.2 Å². The molecule has 2 heteroatoms. The van der Waals surface area contributed by atoms with Crippen LogP contribution in [0.4, 0.5) is 0 Å². The summed E-state index contributed by atoms with van der Waals surface area (Å²) in [6, 6.07) is 10.3. The summed E-state index contributed by atoms with van der Waals surface area (Å²) in [5, 5.41) is 2.95. The van der Waals surface area contributed by atoms with Gasteiger partial charge in [0.15, 0.2) is 0 Å². The van der Waals surface area contributed by atoms with Crippen molar-refractivity contribution in [2.45, 2.75) is 19.8 Å². The highest BCUT2D eigenvalue weighted by Crippen LogP contribution is 2.24. The molecule has 1 heterocycles. The third-order valence-corrected chi connectivity index (χ3v) is 3.27. The van der Waals surface area contributed by atoms with Gasteiger partial charge in [-0.3, -0.25) is 4.79 Å². The van der Waals surface area contributed by atoms with E-state index < -0.39 is 0 Å². The van der Waals surface area contributed by atoms with E-state index in [4.69, 9.17) is 0 Å². The lowest BCUT2D eigenvalue weighted by atomic mass is 9.87. The second-order valence-corrected chi connectivity index (χ2v) is 4.21. The van der Waals surface area contributed by atoms with Crippen molar-refractivity contribution in [1.29, 1.82) is 0 Å². The second-order valence-electron chi connectivity index (χ2n) is 4.21. The maximum absolute atomic E-state index is 11.6. The van der Waals surface area contributed by atoms with Crippen LogP contribution < -0.4 is 5.32 Å². The zero-order valence-electron chi connectivity index (χ0n) is 9.07. The third-order valence-electron chi connectivity index (χ3n) is 3.27. The van der Waals surface area contributed by atoms with Crippen LogP contribution in [0.5, 0.6) is 0 Å². The van der Waals surface area contributed by atoms with Gasteiger partial charge in [-0.1, -0.05) is 43.7 Å². The minimum absolute atomic E-state index is 0.178. The van der Waals surface area contributed by atoms with E-state index in [1.165, 1.54) is 5.56 Å².